The van der Waals surface area contributed by atoms with Crippen molar-refractivity contribution >= 4 is 23.2 Å². The van der Waals surface area contributed by atoms with Gasteiger partial charge in [0.1, 0.15) is 5.15 Å². The lowest BCUT2D eigenvalue weighted by Crippen LogP contribution is -2.39. The van der Waals surface area contributed by atoms with Crippen molar-refractivity contribution in [2.45, 2.75) is 45.1 Å². The molecule has 0 bridgehead atoms. The van der Waals surface area contributed by atoms with Gasteiger partial charge in [-0.05, 0) is 24.8 Å². The molecule has 0 spiro atoms. The predicted octanol–water partition coefficient (Wildman–Crippen LogP) is 3.02. The van der Waals surface area contributed by atoms with Crippen LogP contribution >= 0.6 is 11.6 Å². The van der Waals surface area contributed by atoms with Gasteiger partial charge in [-0.25, -0.2) is 4.98 Å². The Kier molecular flexibility index (Phi) is 4.64. The molecule has 1 amide bonds. The minimum atomic E-state index is -0.177. The number of rotatable bonds is 2. The number of nitrogens with zero attached hydrogens (tertiary/aromatic N) is 1. The maximum atomic E-state index is 12.3. The van der Waals surface area contributed by atoms with Crippen LogP contribution in [0.2, 0.25) is 5.15 Å². The maximum absolute atomic E-state index is 12.3. The van der Waals surface area contributed by atoms with Crippen LogP contribution in [-0.2, 0) is 0 Å². The molecule has 1 fully saturated rings. The van der Waals surface area contributed by atoms with E-state index in [4.69, 9.17) is 17.3 Å². The molecule has 5 heteroatoms. The largest absolute Gasteiger partial charge is 0.397 e. The average Bonchev–Trinajstić information content (AvgIpc) is 2.58. The quantitative estimate of drug-likeness (QED) is 0.647. The van der Waals surface area contributed by atoms with E-state index in [0.29, 0.717) is 17.2 Å². The highest BCUT2D eigenvalue weighted by molar-refractivity contribution is 6.32. The van der Waals surface area contributed by atoms with Gasteiger partial charge in [0.05, 0.1) is 17.4 Å². The first-order valence-corrected chi connectivity index (χ1v) is 7.17. The van der Waals surface area contributed by atoms with E-state index >= 15 is 0 Å². The maximum Gasteiger partial charge on any atom is 0.254 e. The zero-order valence-electron chi connectivity index (χ0n) is 11.2. The Labute approximate surface area is 118 Å². The molecule has 104 valence electrons. The second-order valence-corrected chi connectivity index (χ2v) is 5.66. The van der Waals surface area contributed by atoms with Gasteiger partial charge in [0.25, 0.3) is 5.91 Å². The summed E-state index contributed by atoms with van der Waals surface area (Å²) in [5.41, 5.74) is 6.46. The molecular formula is C14H20ClN3O. The minimum Gasteiger partial charge on any atom is -0.397 e. The van der Waals surface area contributed by atoms with Crippen LogP contribution in [0, 0.1) is 5.92 Å². The van der Waals surface area contributed by atoms with Crippen LogP contribution in [0.25, 0.3) is 0 Å². The molecule has 19 heavy (non-hydrogen) atoms. The Morgan fingerprint density at radius 3 is 2.95 bits per heavy atom. The third-order valence-electron chi connectivity index (χ3n) is 3.78. The zero-order chi connectivity index (χ0) is 13.8. The number of nitrogens with one attached hydrogen (secondary N) is 1. The van der Waals surface area contributed by atoms with Crippen molar-refractivity contribution in [2.24, 2.45) is 5.92 Å². The van der Waals surface area contributed by atoms with Crippen LogP contribution in [-0.4, -0.2) is 16.9 Å². The molecule has 3 N–H and O–H groups in total. The van der Waals surface area contributed by atoms with E-state index in [1.54, 1.807) is 6.07 Å². The van der Waals surface area contributed by atoms with Crippen molar-refractivity contribution in [3.63, 3.8) is 0 Å². The number of hydrogen-bond donors (Lipinski definition) is 2. The molecule has 1 aliphatic rings. The van der Waals surface area contributed by atoms with Crippen molar-refractivity contribution in [2.75, 3.05) is 5.73 Å². The molecule has 1 saturated carbocycles. The first-order chi connectivity index (χ1) is 9.08. The van der Waals surface area contributed by atoms with Crippen molar-refractivity contribution in [3.8, 4) is 0 Å². The minimum absolute atomic E-state index is 0.177. The monoisotopic (exact) mass is 281 g/mol. The van der Waals surface area contributed by atoms with Crippen LogP contribution < -0.4 is 11.1 Å². The number of pyridine rings is 1. The molecule has 2 rings (SSSR count). The lowest BCUT2D eigenvalue weighted by molar-refractivity contribution is 0.0921. The van der Waals surface area contributed by atoms with Gasteiger partial charge in [-0.3, -0.25) is 4.79 Å². The molecule has 2 atom stereocenters. The normalized spacial score (nSPS) is 23.7. The number of hydrogen-bond acceptors (Lipinski definition) is 3. The first-order valence-electron chi connectivity index (χ1n) is 6.80. The third-order valence-corrected chi connectivity index (χ3v) is 4.08. The molecule has 0 radical (unpaired) electrons. The second-order valence-electron chi connectivity index (χ2n) is 5.30. The van der Waals surface area contributed by atoms with Gasteiger partial charge in [-0.15, -0.1) is 0 Å². The van der Waals surface area contributed by atoms with E-state index in [1.807, 2.05) is 0 Å². The Morgan fingerprint density at radius 2 is 2.16 bits per heavy atom. The van der Waals surface area contributed by atoms with Crippen LogP contribution in [0.1, 0.15) is 49.4 Å². The highest BCUT2D eigenvalue weighted by atomic mass is 35.5. The van der Waals surface area contributed by atoms with E-state index in [2.05, 4.69) is 17.2 Å². The summed E-state index contributed by atoms with van der Waals surface area (Å²) in [5, 5.41) is 3.28. The molecule has 0 aromatic carbocycles. The van der Waals surface area contributed by atoms with Gasteiger partial charge in [0.15, 0.2) is 0 Å². The van der Waals surface area contributed by atoms with Crippen LogP contribution in [0.15, 0.2) is 12.3 Å². The summed E-state index contributed by atoms with van der Waals surface area (Å²) in [6.45, 7) is 2.19. The molecule has 0 aliphatic heterocycles. The number of nitrogen functional groups attached to an aromatic ring is 1. The Hall–Kier alpha value is -1.29. The molecule has 1 aliphatic carbocycles. The van der Waals surface area contributed by atoms with Gasteiger partial charge in [-0.2, -0.15) is 0 Å². The molecule has 1 heterocycles. The predicted molar refractivity (Wildman–Crippen MR) is 77.2 cm³/mol. The molecule has 2 unspecified atom stereocenters. The number of carbonyl (C=O) groups is 1. The summed E-state index contributed by atoms with van der Waals surface area (Å²) in [7, 11) is 0. The number of aromatic nitrogens is 1. The SMILES string of the molecule is CC1CCCCCC1NC(=O)c1cc(N)cnc1Cl. The number of amides is 1. The van der Waals surface area contributed by atoms with Crippen LogP contribution in [0.4, 0.5) is 5.69 Å². The number of nitrogens with two attached hydrogens (primary N) is 1. The lowest BCUT2D eigenvalue weighted by Gasteiger charge is -2.23. The summed E-state index contributed by atoms with van der Waals surface area (Å²) in [5.74, 6) is 0.322. The topological polar surface area (TPSA) is 68.0 Å². The fourth-order valence-electron chi connectivity index (χ4n) is 2.58. The Bertz CT molecular complexity index is 464. The molecule has 0 saturated heterocycles. The first kappa shape index (κ1) is 14.1. The molecular weight excluding hydrogens is 262 g/mol. The average molecular weight is 282 g/mol. The van der Waals surface area contributed by atoms with Gasteiger partial charge in [0.2, 0.25) is 0 Å². The van der Waals surface area contributed by atoms with E-state index < -0.39 is 0 Å². The summed E-state index contributed by atoms with van der Waals surface area (Å²) >= 11 is 5.95. The Balaban J connectivity index is 2.09. The van der Waals surface area contributed by atoms with Crippen molar-refractivity contribution in [1.29, 1.82) is 0 Å². The lowest BCUT2D eigenvalue weighted by atomic mass is 9.96. The van der Waals surface area contributed by atoms with E-state index in [1.165, 1.54) is 19.0 Å². The third kappa shape index (κ3) is 3.60. The highest BCUT2D eigenvalue weighted by Gasteiger charge is 2.23. The van der Waals surface area contributed by atoms with Gasteiger partial charge < -0.3 is 11.1 Å². The fraction of sp³-hybridized carbons (Fsp3) is 0.571. The zero-order valence-corrected chi connectivity index (χ0v) is 11.9. The van der Waals surface area contributed by atoms with E-state index in [9.17, 15) is 4.79 Å². The number of carbonyl (C=O) groups excluding carboxylic acids is 1. The van der Waals surface area contributed by atoms with Gasteiger partial charge in [-0.1, -0.05) is 37.8 Å². The van der Waals surface area contributed by atoms with E-state index in [0.717, 1.165) is 19.3 Å². The second kappa shape index (κ2) is 6.24. The van der Waals surface area contributed by atoms with Crippen LogP contribution in [0.3, 0.4) is 0 Å². The van der Waals surface area contributed by atoms with Crippen molar-refractivity contribution in [1.82, 2.24) is 10.3 Å². The Morgan fingerprint density at radius 1 is 1.42 bits per heavy atom. The molecule has 1 aromatic rings. The van der Waals surface area contributed by atoms with E-state index in [-0.39, 0.29) is 17.1 Å². The summed E-state index contributed by atoms with van der Waals surface area (Å²) < 4.78 is 0. The van der Waals surface area contributed by atoms with Gasteiger partial charge in [0, 0.05) is 6.04 Å². The number of halogens is 1. The smallest absolute Gasteiger partial charge is 0.254 e. The summed E-state index contributed by atoms with van der Waals surface area (Å²) in [4.78, 5) is 16.2. The number of anilines is 1. The standard InChI is InChI=1S/C14H20ClN3O/c1-9-5-3-2-4-6-12(9)18-14(19)11-7-10(16)8-17-13(11)15/h7-9,12H,2-6,16H2,1H3,(H,18,19). The van der Waals surface area contributed by atoms with Crippen molar-refractivity contribution < 1.29 is 4.79 Å². The fourth-order valence-corrected chi connectivity index (χ4v) is 2.77. The summed E-state index contributed by atoms with van der Waals surface area (Å²) in [6.07, 6.45) is 7.30. The summed E-state index contributed by atoms with van der Waals surface area (Å²) in [6, 6.07) is 1.79. The van der Waals surface area contributed by atoms with Gasteiger partial charge >= 0.3 is 0 Å². The highest BCUT2D eigenvalue weighted by Crippen LogP contribution is 2.24. The van der Waals surface area contributed by atoms with Crippen LogP contribution in [0.5, 0.6) is 0 Å². The molecule has 4 nitrogen and oxygen atoms in total. The molecule has 1 aromatic heterocycles. The van der Waals surface area contributed by atoms with Crippen molar-refractivity contribution in [3.05, 3.63) is 23.0 Å².